The number of sulfonamides is 1. The predicted octanol–water partition coefficient (Wildman–Crippen LogP) is 1.27. The van der Waals surface area contributed by atoms with Crippen molar-refractivity contribution in [2.45, 2.75) is 18.4 Å². The van der Waals surface area contributed by atoms with Gasteiger partial charge < -0.3 is 10.8 Å². The number of primary amides is 1. The minimum Gasteiger partial charge on any atom is -0.478 e. The lowest BCUT2D eigenvalue weighted by molar-refractivity contribution is 0.0696. The van der Waals surface area contributed by atoms with Gasteiger partial charge in [-0.25, -0.2) is 17.9 Å². The molecule has 7 nitrogen and oxygen atoms in total. The molecule has 2 aromatic rings. The first-order valence-corrected chi connectivity index (χ1v) is 8.41. The number of hydrogen-bond donors (Lipinski definition) is 3. The van der Waals surface area contributed by atoms with E-state index in [-0.39, 0.29) is 22.6 Å². The summed E-state index contributed by atoms with van der Waals surface area (Å²) in [7, 11) is -3.83. The van der Waals surface area contributed by atoms with Crippen LogP contribution in [0.15, 0.2) is 47.4 Å². The third-order valence-corrected chi connectivity index (χ3v) is 4.85. The molecule has 0 saturated carbocycles. The molecule has 0 saturated heterocycles. The Labute approximate surface area is 139 Å². The van der Waals surface area contributed by atoms with Gasteiger partial charge in [0.2, 0.25) is 15.9 Å². The molecule has 0 heterocycles. The molecule has 24 heavy (non-hydrogen) atoms. The highest BCUT2D eigenvalue weighted by molar-refractivity contribution is 7.89. The Morgan fingerprint density at radius 1 is 1.12 bits per heavy atom. The number of nitrogens with two attached hydrogens (primary N) is 1. The average molecular weight is 348 g/mol. The fourth-order valence-electron chi connectivity index (χ4n) is 2.06. The number of carboxylic acid groups (broad SMARTS) is 1. The van der Waals surface area contributed by atoms with Crippen LogP contribution in [0.3, 0.4) is 0 Å². The van der Waals surface area contributed by atoms with Crippen LogP contribution in [0.5, 0.6) is 0 Å². The summed E-state index contributed by atoms with van der Waals surface area (Å²) in [4.78, 5) is 22.0. The minimum atomic E-state index is -3.83. The van der Waals surface area contributed by atoms with Gasteiger partial charge in [-0.1, -0.05) is 18.2 Å². The standard InChI is InChI=1S/C16H16N2O5S/c1-10-2-7-13(8-14(10)15(17)19)24(22,23)18-9-11-3-5-12(6-4-11)16(20)21/h2-8,18H,9H2,1H3,(H2,17,19)(H,20,21). The van der Waals surface area contributed by atoms with Crippen LogP contribution in [0.4, 0.5) is 0 Å². The van der Waals surface area contributed by atoms with Crippen molar-refractivity contribution in [3.63, 3.8) is 0 Å². The second kappa shape index (κ2) is 6.81. The fraction of sp³-hybridized carbons (Fsp3) is 0.125. The fourth-order valence-corrected chi connectivity index (χ4v) is 3.10. The lowest BCUT2D eigenvalue weighted by Gasteiger charge is -2.09. The maximum absolute atomic E-state index is 12.3. The molecule has 1 amide bonds. The molecule has 8 heteroatoms. The summed E-state index contributed by atoms with van der Waals surface area (Å²) in [5, 5.41) is 8.83. The third-order valence-electron chi connectivity index (χ3n) is 3.45. The first-order valence-electron chi connectivity index (χ1n) is 6.93. The van der Waals surface area contributed by atoms with Crippen LogP contribution in [0.1, 0.15) is 31.8 Å². The van der Waals surface area contributed by atoms with Crippen LogP contribution in [-0.4, -0.2) is 25.4 Å². The van der Waals surface area contributed by atoms with Crippen LogP contribution in [0.2, 0.25) is 0 Å². The van der Waals surface area contributed by atoms with E-state index in [1.807, 2.05) is 0 Å². The highest BCUT2D eigenvalue weighted by Crippen LogP contribution is 2.16. The van der Waals surface area contributed by atoms with Gasteiger partial charge in [-0.2, -0.15) is 0 Å². The number of benzene rings is 2. The Morgan fingerprint density at radius 3 is 2.29 bits per heavy atom. The highest BCUT2D eigenvalue weighted by atomic mass is 32.2. The Kier molecular flexibility index (Phi) is 5.01. The number of carbonyl (C=O) groups is 2. The molecule has 126 valence electrons. The zero-order valence-corrected chi connectivity index (χ0v) is 13.6. The molecule has 2 aromatic carbocycles. The molecule has 2 rings (SSSR count). The van der Waals surface area contributed by atoms with Crippen LogP contribution >= 0.6 is 0 Å². The Morgan fingerprint density at radius 2 is 1.75 bits per heavy atom. The number of carbonyl (C=O) groups excluding carboxylic acids is 1. The number of carboxylic acids is 1. The normalized spacial score (nSPS) is 11.2. The van der Waals surface area contributed by atoms with Crippen LogP contribution < -0.4 is 10.5 Å². The third kappa shape index (κ3) is 3.98. The first kappa shape index (κ1) is 17.6. The van der Waals surface area contributed by atoms with Gasteiger partial charge in [-0.05, 0) is 42.3 Å². The molecule has 0 aliphatic heterocycles. The molecule has 0 unspecified atom stereocenters. The van der Waals surface area contributed by atoms with Gasteiger partial charge in [-0.3, -0.25) is 4.79 Å². The summed E-state index contributed by atoms with van der Waals surface area (Å²) >= 11 is 0. The maximum Gasteiger partial charge on any atom is 0.335 e. The topological polar surface area (TPSA) is 127 Å². The highest BCUT2D eigenvalue weighted by Gasteiger charge is 2.17. The lowest BCUT2D eigenvalue weighted by atomic mass is 10.1. The zero-order valence-electron chi connectivity index (χ0n) is 12.8. The zero-order chi connectivity index (χ0) is 17.9. The van der Waals surface area contributed by atoms with Crippen LogP contribution in [0, 0.1) is 6.92 Å². The van der Waals surface area contributed by atoms with Crippen LogP contribution in [0.25, 0.3) is 0 Å². The number of rotatable bonds is 6. The molecule has 0 spiro atoms. The number of hydrogen-bond acceptors (Lipinski definition) is 4. The molecule has 0 aliphatic rings. The largest absolute Gasteiger partial charge is 0.478 e. The van der Waals surface area contributed by atoms with Crippen LogP contribution in [-0.2, 0) is 16.6 Å². The second-order valence-corrected chi connectivity index (χ2v) is 6.93. The van der Waals surface area contributed by atoms with E-state index >= 15 is 0 Å². The maximum atomic E-state index is 12.3. The van der Waals surface area contributed by atoms with Crippen molar-refractivity contribution in [1.82, 2.24) is 4.72 Å². The quantitative estimate of drug-likeness (QED) is 0.724. The Balaban J connectivity index is 2.18. The van der Waals surface area contributed by atoms with E-state index in [4.69, 9.17) is 10.8 Å². The predicted molar refractivity (Wildman–Crippen MR) is 87.1 cm³/mol. The van der Waals surface area contributed by atoms with Gasteiger partial charge in [0.05, 0.1) is 10.5 Å². The van der Waals surface area contributed by atoms with Crippen molar-refractivity contribution in [1.29, 1.82) is 0 Å². The molecule has 0 aromatic heterocycles. The van der Waals surface area contributed by atoms with Gasteiger partial charge in [0, 0.05) is 12.1 Å². The minimum absolute atomic E-state index is 0.0119. The molecular formula is C16H16N2O5S. The molecule has 0 atom stereocenters. The average Bonchev–Trinajstić information content (AvgIpc) is 2.53. The Bertz CT molecular complexity index is 889. The lowest BCUT2D eigenvalue weighted by Crippen LogP contribution is -2.24. The van der Waals surface area contributed by atoms with Crippen molar-refractivity contribution < 1.29 is 23.1 Å². The van der Waals surface area contributed by atoms with Crippen molar-refractivity contribution in [3.05, 3.63) is 64.7 Å². The molecule has 0 bridgehead atoms. The van der Waals surface area contributed by atoms with E-state index in [0.29, 0.717) is 11.1 Å². The van der Waals surface area contributed by atoms with E-state index in [9.17, 15) is 18.0 Å². The Hall–Kier alpha value is -2.71. The molecule has 0 radical (unpaired) electrons. The van der Waals surface area contributed by atoms with Crippen molar-refractivity contribution in [2.24, 2.45) is 5.73 Å². The van der Waals surface area contributed by atoms with Crippen molar-refractivity contribution in [3.8, 4) is 0 Å². The van der Waals surface area contributed by atoms with Gasteiger partial charge in [-0.15, -0.1) is 0 Å². The first-order chi connectivity index (χ1) is 11.2. The number of amides is 1. The summed E-state index contributed by atoms with van der Waals surface area (Å²) in [5.74, 6) is -1.76. The van der Waals surface area contributed by atoms with E-state index in [1.54, 1.807) is 6.92 Å². The summed E-state index contributed by atoms with van der Waals surface area (Å²) in [6.07, 6.45) is 0. The van der Waals surface area contributed by atoms with Gasteiger partial charge in [0.25, 0.3) is 0 Å². The summed E-state index contributed by atoms with van der Waals surface area (Å²) in [5.41, 5.74) is 6.68. The van der Waals surface area contributed by atoms with E-state index in [1.165, 1.54) is 42.5 Å². The van der Waals surface area contributed by atoms with Crippen molar-refractivity contribution in [2.75, 3.05) is 0 Å². The smallest absolute Gasteiger partial charge is 0.335 e. The molecular weight excluding hydrogens is 332 g/mol. The number of nitrogens with one attached hydrogen (secondary N) is 1. The van der Waals surface area contributed by atoms with Gasteiger partial charge >= 0.3 is 5.97 Å². The number of aromatic carboxylic acids is 1. The monoisotopic (exact) mass is 348 g/mol. The summed E-state index contributed by atoms with van der Waals surface area (Å²) in [6, 6.07) is 9.96. The second-order valence-electron chi connectivity index (χ2n) is 5.17. The van der Waals surface area contributed by atoms with Crippen molar-refractivity contribution >= 4 is 21.9 Å². The number of aryl methyl sites for hydroxylation is 1. The summed E-state index contributed by atoms with van der Waals surface area (Å²) in [6.45, 7) is 1.65. The summed E-state index contributed by atoms with van der Waals surface area (Å²) < 4.78 is 27.0. The van der Waals surface area contributed by atoms with E-state index in [0.717, 1.165) is 0 Å². The van der Waals surface area contributed by atoms with E-state index in [2.05, 4.69) is 4.72 Å². The van der Waals surface area contributed by atoms with E-state index < -0.39 is 21.9 Å². The molecule has 0 fully saturated rings. The molecule has 4 N–H and O–H groups in total. The van der Waals surface area contributed by atoms with Gasteiger partial charge in [0.1, 0.15) is 0 Å². The SMILES string of the molecule is Cc1ccc(S(=O)(=O)NCc2ccc(C(=O)O)cc2)cc1C(N)=O. The van der Waals surface area contributed by atoms with Gasteiger partial charge in [0.15, 0.2) is 0 Å². The molecule has 0 aliphatic carbocycles.